The van der Waals surface area contributed by atoms with Gasteiger partial charge in [-0.05, 0) is 55.5 Å². The fourth-order valence-corrected chi connectivity index (χ4v) is 3.36. The van der Waals surface area contributed by atoms with Crippen molar-refractivity contribution in [3.63, 3.8) is 0 Å². The van der Waals surface area contributed by atoms with E-state index in [0.29, 0.717) is 18.7 Å². The number of hydrogen-bond acceptors (Lipinski definition) is 4. The molecular formula is C13H19BrFN3OS. The fourth-order valence-electron chi connectivity index (χ4n) is 2.24. The first kappa shape index (κ1) is 16.1. The molecule has 1 unspecified atom stereocenters. The van der Waals surface area contributed by atoms with Gasteiger partial charge in [0, 0.05) is 23.8 Å². The number of halogens is 2. The van der Waals surface area contributed by atoms with Crippen molar-refractivity contribution in [2.24, 2.45) is 5.92 Å². The summed E-state index contributed by atoms with van der Waals surface area (Å²) >= 11 is 2.05. The van der Waals surface area contributed by atoms with Crippen LogP contribution in [0.15, 0.2) is 16.9 Å². The summed E-state index contributed by atoms with van der Waals surface area (Å²) in [5, 5.41) is 0. The van der Waals surface area contributed by atoms with Gasteiger partial charge in [-0.15, -0.1) is 4.72 Å². The Balaban J connectivity index is 2.21. The second-order valence-electron chi connectivity index (χ2n) is 6.22. The summed E-state index contributed by atoms with van der Waals surface area (Å²) in [5.41, 5.74) is -0.574. The van der Waals surface area contributed by atoms with Crippen molar-refractivity contribution in [2.45, 2.75) is 43.9 Å². The van der Waals surface area contributed by atoms with Gasteiger partial charge >= 0.3 is 0 Å². The van der Waals surface area contributed by atoms with Gasteiger partial charge in [-0.1, -0.05) is 0 Å². The third kappa shape index (κ3) is 3.32. The number of aromatic nitrogens is 2. The van der Waals surface area contributed by atoms with Crippen LogP contribution in [0.25, 0.3) is 0 Å². The summed E-state index contributed by atoms with van der Waals surface area (Å²) < 4.78 is 28.7. The molecule has 0 aliphatic heterocycles. The molecule has 2 rings (SSSR count). The molecule has 1 aromatic heterocycles. The Kier molecular flexibility index (Phi) is 4.73. The number of rotatable bonds is 4. The van der Waals surface area contributed by atoms with Crippen LogP contribution < -0.4 is 4.72 Å². The molecule has 1 fully saturated rings. The van der Waals surface area contributed by atoms with Crippen molar-refractivity contribution in [3.8, 4) is 0 Å². The highest BCUT2D eigenvalue weighted by Gasteiger charge is 2.52. The van der Waals surface area contributed by atoms with Crippen LogP contribution in [-0.2, 0) is 16.9 Å². The van der Waals surface area contributed by atoms with Crippen LogP contribution >= 0.6 is 15.9 Å². The summed E-state index contributed by atoms with van der Waals surface area (Å²) in [4.78, 5) is 8.60. The monoisotopic (exact) mass is 363 g/mol. The van der Waals surface area contributed by atoms with Crippen molar-refractivity contribution in [2.75, 3.05) is 6.67 Å². The van der Waals surface area contributed by atoms with Gasteiger partial charge in [-0.2, -0.15) is 0 Å². The van der Waals surface area contributed by atoms with E-state index < -0.39 is 16.9 Å². The van der Waals surface area contributed by atoms with Crippen LogP contribution in [0.4, 0.5) is 4.39 Å². The van der Waals surface area contributed by atoms with E-state index in [9.17, 15) is 8.94 Å². The molecule has 1 heterocycles. The Morgan fingerprint density at radius 3 is 2.45 bits per heavy atom. The highest BCUT2D eigenvalue weighted by Crippen LogP contribution is 2.45. The molecule has 1 aliphatic rings. The third-order valence-electron chi connectivity index (χ3n) is 3.39. The lowest BCUT2D eigenvalue weighted by Gasteiger charge is -2.46. The van der Waals surface area contributed by atoms with E-state index in [1.807, 2.05) is 20.8 Å². The highest BCUT2D eigenvalue weighted by molar-refractivity contribution is 9.10. The van der Waals surface area contributed by atoms with Gasteiger partial charge in [0.25, 0.3) is 0 Å². The molecule has 20 heavy (non-hydrogen) atoms. The third-order valence-corrected chi connectivity index (χ3v) is 5.48. The second-order valence-corrected chi connectivity index (χ2v) is 9.10. The summed E-state index contributed by atoms with van der Waals surface area (Å²) in [5.74, 6) is 0.578. The van der Waals surface area contributed by atoms with Crippen molar-refractivity contribution >= 4 is 27.3 Å². The summed E-state index contributed by atoms with van der Waals surface area (Å²) in [6.07, 6.45) is 4.48. The van der Waals surface area contributed by atoms with Crippen molar-refractivity contribution in [1.29, 1.82) is 0 Å². The molecule has 1 aromatic rings. The van der Waals surface area contributed by atoms with E-state index >= 15 is 0 Å². The van der Waals surface area contributed by atoms with Crippen LogP contribution in [0.3, 0.4) is 0 Å². The molecule has 1 aliphatic carbocycles. The minimum Gasteiger partial charge on any atom is -0.598 e. The number of hydrogen-bond donors (Lipinski definition) is 1. The van der Waals surface area contributed by atoms with E-state index in [1.165, 1.54) is 0 Å². The Bertz CT molecular complexity index is 460. The quantitative estimate of drug-likeness (QED) is 0.835. The molecule has 1 saturated carbocycles. The zero-order valence-electron chi connectivity index (χ0n) is 11.8. The lowest BCUT2D eigenvalue weighted by Crippen LogP contribution is -2.59. The van der Waals surface area contributed by atoms with Crippen LogP contribution in [0, 0.1) is 5.92 Å². The van der Waals surface area contributed by atoms with E-state index in [4.69, 9.17) is 0 Å². The number of alkyl halides is 1. The normalized spacial score (nSPS) is 28.0. The van der Waals surface area contributed by atoms with Gasteiger partial charge in [0.1, 0.15) is 10.3 Å². The Morgan fingerprint density at radius 2 is 2.00 bits per heavy atom. The minimum atomic E-state index is -1.24. The molecule has 0 aromatic carbocycles. The molecule has 0 bridgehead atoms. The predicted molar refractivity (Wildman–Crippen MR) is 81.1 cm³/mol. The maximum absolute atomic E-state index is 12.8. The maximum atomic E-state index is 12.8. The Labute approximate surface area is 130 Å². The van der Waals surface area contributed by atoms with Crippen LogP contribution in [-0.4, -0.2) is 25.9 Å². The van der Waals surface area contributed by atoms with Gasteiger partial charge in [0.2, 0.25) is 0 Å². The van der Waals surface area contributed by atoms with Crippen molar-refractivity contribution < 1.29 is 8.94 Å². The van der Waals surface area contributed by atoms with Gasteiger partial charge in [0.05, 0.1) is 11.1 Å². The molecule has 112 valence electrons. The smallest absolute Gasteiger partial charge is 0.152 e. The van der Waals surface area contributed by atoms with Gasteiger partial charge < -0.3 is 4.55 Å². The first-order valence-corrected chi connectivity index (χ1v) is 8.45. The molecule has 1 N–H and O–H groups in total. The van der Waals surface area contributed by atoms with Gasteiger partial charge in [0.15, 0.2) is 5.82 Å². The molecule has 0 saturated heterocycles. The lowest BCUT2D eigenvalue weighted by atomic mass is 9.69. The summed E-state index contributed by atoms with van der Waals surface area (Å²) in [7, 11) is 0. The Morgan fingerprint density at radius 1 is 1.45 bits per heavy atom. The van der Waals surface area contributed by atoms with E-state index in [1.54, 1.807) is 12.4 Å². The molecule has 7 heteroatoms. The van der Waals surface area contributed by atoms with Crippen LogP contribution in [0.2, 0.25) is 0 Å². The average Bonchev–Trinajstić information content (AvgIpc) is 2.33. The van der Waals surface area contributed by atoms with E-state index in [0.717, 1.165) is 4.47 Å². The topological polar surface area (TPSA) is 60.9 Å². The largest absolute Gasteiger partial charge is 0.598 e. The predicted octanol–water partition coefficient (Wildman–Crippen LogP) is 2.87. The molecule has 0 spiro atoms. The van der Waals surface area contributed by atoms with Crippen LogP contribution in [0.1, 0.15) is 39.4 Å². The van der Waals surface area contributed by atoms with E-state index in [2.05, 4.69) is 30.6 Å². The van der Waals surface area contributed by atoms with Crippen molar-refractivity contribution in [3.05, 3.63) is 22.7 Å². The standard InChI is InChI=1S/C13H19BrFN3OS/c1-12(2,3)20(19)18-13(4-9(5-13)6-15)11-16-7-10(14)8-17-11/h7-9,18H,4-6H2,1-3H3. The molecule has 4 nitrogen and oxygen atoms in total. The number of nitrogens with one attached hydrogen (secondary N) is 1. The maximum Gasteiger partial charge on any atom is 0.152 e. The molecular weight excluding hydrogens is 345 g/mol. The van der Waals surface area contributed by atoms with Crippen LogP contribution in [0.5, 0.6) is 0 Å². The van der Waals surface area contributed by atoms with Gasteiger partial charge in [-0.3, -0.25) is 4.39 Å². The second kappa shape index (κ2) is 5.87. The van der Waals surface area contributed by atoms with Crippen molar-refractivity contribution in [1.82, 2.24) is 14.7 Å². The fraction of sp³-hybridized carbons (Fsp3) is 0.692. The molecule has 0 amide bonds. The zero-order valence-corrected chi connectivity index (χ0v) is 14.2. The first-order valence-electron chi connectivity index (χ1n) is 6.50. The highest BCUT2D eigenvalue weighted by atomic mass is 79.9. The van der Waals surface area contributed by atoms with Gasteiger partial charge in [-0.25, -0.2) is 9.97 Å². The average molecular weight is 364 g/mol. The lowest BCUT2D eigenvalue weighted by molar-refractivity contribution is 0.0939. The number of nitrogens with zero attached hydrogens (tertiary/aromatic N) is 2. The van der Waals surface area contributed by atoms with E-state index in [-0.39, 0.29) is 17.3 Å². The first-order chi connectivity index (χ1) is 9.27. The minimum absolute atomic E-state index is 0.00767. The molecule has 1 atom stereocenters. The zero-order chi connectivity index (χ0) is 15.0. The summed E-state index contributed by atoms with van der Waals surface area (Å²) in [6, 6.07) is 0. The SMILES string of the molecule is CC(C)(C)[S+]([O-])NC1(c2ncc(Br)cn2)CC(CF)C1. The summed E-state index contributed by atoms with van der Waals surface area (Å²) in [6.45, 7) is 5.34. The Hall–Kier alpha value is -0.240. The molecule has 0 radical (unpaired) electrons.